The van der Waals surface area contributed by atoms with Crippen molar-refractivity contribution < 1.29 is 107 Å². The maximum Gasteiger partial charge on any atom is 0.407 e. The topological polar surface area (TPSA) is 328 Å². The van der Waals surface area contributed by atoms with Crippen molar-refractivity contribution in [2.75, 3.05) is 7.11 Å². The van der Waals surface area contributed by atoms with Crippen LogP contribution in [0.15, 0.2) is 58.4 Å². The lowest BCUT2D eigenvalue weighted by Crippen LogP contribution is -3.17. The van der Waals surface area contributed by atoms with Crippen molar-refractivity contribution in [2.24, 2.45) is 40.9 Å². The summed E-state index contributed by atoms with van der Waals surface area (Å²) in [6, 6.07) is -1.02. The van der Waals surface area contributed by atoms with Gasteiger partial charge in [-0.3, -0.25) is 14.4 Å². The van der Waals surface area contributed by atoms with Gasteiger partial charge in [0.1, 0.15) is 35.9 Å². The van der Waals surface area contributed by atoms with Crippen LogP contribution in [0.3, 0.4) is 0 Å². The SMILES string of the molecule is COC(=O)N[C@H]1[C@@H](C)O[C@@H](O[C@H]2C/C=C(/C)[C@@H]3C=C[C@@H]4[C@H](O[C@H]5C[C@H](O[C@H]6CC[C@@H](O[C@H]7C[C@H](O)[C@@H](O)[C@H](C)O7)[C@H](C)O6)[C@H](OC(C)=O)[C@@H](C)O5)[C@@H](C)C[C@H](C)[C@@H]4[C@]3(C)C(O)=C3C(=O)O[C@]4(CC(C=O)=C[C@@H](O)[C@H]4/C=C/2C)C3=O)C[C@]1(C)[NH+]([O-])O. The Morgan fingerprint density at radius 3 is 2.13 bits per heavy atom. The fraction of sp³-hybridized carbons (Fsp3) is 0.754. The first kappa shape index (κ1) is 64.9. The average Bonchev–Trinajstić information content (AvgIpc) is 1.74. The second-order valence-corrected chi connectivity index (χ2v) is 25.8. The molecule has 1 unspecified atom stereocenters. The number of aliphatic hydroxyl groups excluding tert-OH is 4. The van der Waals surface area contributed by atoms with Gasteiger partial charge in [-0.1, -0.05) is 50.6 Å². The van der Waals surface area contributed by atoms with Gasteiger partial charge < -0.3 is 83.1 Å². The van der Waals surface area contributed by atoms with Gasteiger partial charge in [-0.2, -0.15) is 0 Å². The fourth-order valence-corrected chi connectivity index (χ4v) is 15.6. The summed E-state index contributed by atoms with van der Waals surface area (Å²) < 4.78 is 68.7. The van der Waals surface area contributed by atoms with E-state index in [-0.39, 0.29) is 43.1 Å². The van der Waals surface area contributed by atoms with E-state index in [1.807, 2.05) is 32.9 Å². The zero-order valence-corrected chi connectivity index (χ0v) is 50.6. The number of amides is 1. The number of hydrogen-bond acceptors (Lipinski definition) is 22. The monoisotopic (exact) mass is 1200 g/mol. The summed E-state index contributed by atoms with van der Waals surface area (Å²) in [6.45, 7) is 19.3. The van der Waals surface area contributed by atoms with Crippen LogP contribution >= 0.6 is 0 Å². The highest BCUT2D eigenvalue weighted by molar-refractivity contribution is 6.26. The number of nitrogens with one attached hydrogen (secondary N) is 2. The highest BCUT2D eigenvalue weighted by atomic mass is 16.8. The smallest absolute Gasteiger partial charge is 0.407 e. The number of aldehydes is 1. The van der Waals surface area contributed by atoms with Crippen molar-refractivity contribution in [1.82, 2.24) is 5.32 Å². The first-order valence-electron chi connectivity index (χ1n) is 30.0. The number of hydrogen-bond donors (Lipinski definition) is 7. The molecule has 0 aromatic heterocycles. The quantitative estimate of drug-likeness (QED) is 0.0363. The van der Waals surface area contributed by atoms with Gasteiger partial charge in [0.05, 0.1) is 74.4 Å². The molecule has 5 aliphatic heterocycles. The van der Waals surface area contributed by atoms with Gasteiger partial charge >= 0.3 is 18.0 Å². The van der Waals surface area contributed by atoms with Crippen LogP contribution in [0.2, 0.25) is 0 Å². The second kappa shape index (κ2) is 25.5. The molecule has 5 heterocycles. The predicted molar refractivity (Wildman–Crippen MR) is 296 cm³/mol. The van der Waals surface area contributed by atoms with Crippen molar-refractivity contribution in [3.8, 4) is 0 Å². The lowest BCUT2D eigenvalue weighted by molar-refractivity contribution is -1.09. The van der Waals surface area contributed by atoms with Crippen molar-refractivity contribution in [2.45, 2.75) is 243 Å². The van der Waals surface area contributed by atoms with Crippen LogP contribution in [0.25, 0.3) is 0 Å². The molecule has 9 rings (SSSR count). The molecule has 85 heavy (non-hydrogen) atoms. The molecule has 24 nitrogen and oxygen atoms in total. The van der Waals surface area contributed by atoms with Crippen molar-refractivity contribution in [1.29, 1.82) is 0 Å². The molecule has 0 aromatic rings. The van der Waals surface area contributed by atoms with Gasteiger partial charge in [-0.15, -0.1) is 0 Å². The van der Waals surface area contributed by atoms with E-state index in [4.69, 9.17) is 52.1 Å². The third-order valence-electron chi connectivity index (χ3n) is 19.9. The Balaban J connectivity index is 1.03. The standard InChI is InChI=1S/C61H88N2O22/c1-27-13-16-42(81-48-25-59(10,63(73)74)54(34(8)79-48)62-58(72)75-12)28(2)20-39-40(66)21-36(26-64)24-61(39)56(70)49(57(71)85-61)55(69)60(11)38(27)15-14-37-50(60)29(3)19-30(4)52(37)84-47-23-44(53(33(7)78-47)80-35(9)65)83-45-18-17-43(31(5)76-45)82-46-22-41(67)51(68)32(6)77-46/h13-15,20-21,26,29-34,37-48,50-54,63,66-69,73H,16-19,22-25H2,1-12H3,(H,62,72)/b27-13-,28-20+,55-49?/t29-,30-,31-,32-,33+,34+,37-,38-,39+,40+,41-,42-,43+,44-,45-,46-,47-,48-,50-,51-,52+,53+,54-,59-,60+,61-/m0/s1. The predicted octanol–water partition coefficient (Wildman–Crippen LogP) is 3.95. The Morgan fingerprint density at radius 1 is 0.800 bits per heavy atom. The molecule has 1 amide bonds. The molecule has 0 radical (unpaired) electrons. The Morgan fingerprint density at radius 2 is 1.47 bits per heavy atom. The van der Waals surface area contributed by atoms with Crippen LogP contribution in [-0.4, -0.2) is 178 Å². The highest BCUT2D eigenvalue weighted by Gasteiger charge is 2.65. The lowest BCUT2D eigenvalue weighted by Gasteiger charge is -2.56. The van der Waals surface area contributed by atoms with Gasteiger partial charge in [0.25, 0.3) is 0 Å². The Kier molecular flexibility index (Phi) is 19.5. The van der Waals surface area contributed by atoms with Gasteiger partial charge in [0, 0.05) is 49.9 Å². The molecule has 1 saturated carbocycles. The van der Waals surface area contributed by atoms with Crippen LogP contribution in [0.1, 0.15) is 128 Å². The molecule has 1 spiro atoms. The fourth-order valence-electron chi connectivity index (χ4n) is 15.6. The number of ketones is 1. The molecular weight excluding hydrogens is 1110 g/mol. The number of aliphatic hydroxyl groups is 4. The molecule has 2 bridgehead atoms. The molecule has 9 aliphatic rings. The summed E-state index contributed by atoms with van der Waals surface area (Å²) in [6.07, 6.45) is -3.62. The summed E-state index contributed by atoms with van der Waals surface area (Å²) in [5.74, 6) is -6.32. The van der Waals surface area contributed by atoms with Crippen molar-refractivity contribution in [3.05, 3.63) is 63.6 Å². The van der Waals surface area contributed by atoms with Crippen LogP contribution in [-0.2, 0) is 71.3 Å². The van der Waals surface area contributed by atoms with E-state index in [9.17, 15) is 50.0 Å². The number of esters is 2. The minimum atomic E-state index is -2.18. The first-order valence-corrected chi connectivity index (χ1v) is 30.0. The van der Waals surface area contributed by atoms with E-state index in [0.29, 0.717) is 31.1 Å². The molecule has 0 aromatic carbocycles. The van der Waals surface area contributed by atoms with Crippen LogP contribution in [0.4, 0.5) is 4.79 Å². The summed E-state index contributed by atoms with van der Waals surface area (Å²) in [5.41, 5.74) is -4.61. The number of rotatable bonds is 12. The van der Waals surface area contributed by atoms with Gasteiger partial charge in [0.2, 0.25) is 5.78 Å². The summed E-state index contributed by atoms with van der Waals surface area (Å²) in [7, 11) is 1.17. The van der Waals surface area contributed by atoms with E-state index >= 15 is 4.79 Å². The van der Waals surface area contributed by atoms with Crippen molar-refractivity contribution in [3.63, 3.8) is 0 Å². The minimum absolute atomic E-state index is 0.00825. The number of quaternary nitrogens is 1. The molecular formula is C61H88N2O22. The average molecular weight is 1200 g/mol. The zero-order valence-electron chi connectivity index (χ0n) is 50.6. The number of carbonyl (C=O) groups is 5. The van der Waals surface area contributed by atoms with Crippen LogP contribution in [0.5, 0.6) is 0 Å². The van der Waals surface area contributed by atoms with Crippen LogP contribution < -0.4 is 10.5 Å². The summed E-state index contributed by atoms with van der Waals surface area (Å²) >= 11 is 0. The summed E-state index contributed by atoms with van der Waals surface area (Å²) in [4.78, 5) is 67.8. The zero-order chi connectivity index (χ0) is 61.9. The van der Waals surface area contributed by atoms with E-state index in [2.05, 4.69) is 25.2 Å². The summed E-state index contributed by atoms with van der Waals surface area (Å²) in [5, 5.41) is 70.8. The number of hydroxylamine groups is 2. The Hall–Kier alpha value is -4.51. The Bertz CT molecular complexity index is 2660. The minimum Gasteiger partial charge on any atom is -0.600 e. The number of carbonyl (C=O) groups excluding carboxylic acids is 5. The molecule has 24 heteroatoms. The van der Waals surface area contributed by atoms with E-state index in [0.717, 1.165) is 5.57 Å². The molecule has 27 atom stereocenters. The van der Waals surface area contributed by atoms with E-state index in [1.54, 1.807) is 33.8 Å². The molecule has 4 aliphatic carbocycles. The van der Waals surface area contributed by atoms with Gasteiger partial charge in [0.15, 0.2) is 42.4 Å². The first-order chi connectivity index (χ1) is 40.0. The second-order valence-electron chi connectivity index (χ2n) is 25.8. The van der Waals surface area contributed by atoms with Crippen molar-refractivity contribution >= 4 is 30.1 Å². The molecule has 474 valence electrons. The third kappa shape index (κ3) is 12.5. The number of fused-ring (bicyclic) bond motifs is 4. The van der Waals surface area contributed by atoms with Gasteiger partial charge in [-0.25, -0.2) is 20.0 Å². The normalized spacial score (nSPS) is 47.4. The lowest BCUT2D eigenvalue weighted by atomic mass is 9.49. The van der Waals surface area contributed by atoms with Gasteiger partial charge in [-0.05, 0) is 103 Å². The number of ether oxygens (including phenoxy) is 11. The Labute approximate surface area is 495 Å². The highest BCUT2D eigenvalue weighted by Crippen LogP contribution is 2.61. The van der Waals surface area contributed by atoms with E-state index in [1.165, 1.54) is 27.0 Å². The largest absolute Gasteiger partial charge is 0.600 e. The van der Waals surface area contributed by atoms with E-state index < -0.39 is 191 Å². The molecule has 7 N–H and O–H groups in total. The van der Waals surface area contributed by atoms with Crippen LogP contribution in [0, 0.1) is 46.1 Å². The maximum atomic E-state index is 15.5. The number of methoxy groups -OCH3 is 1. The number of Topliss-reactive ketones (excluding diaryl/α,β-unsaturated/α-hetero) is 1. The number of alkyl carbamates (subject to hydrolysis) is 1. The molecule has 6 fully saturated rings. The third-order valence-corrected chi connectivity index (χ3v) is 19.9. The maximum absolute atomic E-state index is 15.5. The molecule has 5 saturated heterocycles. The number of allylic oxidation sites excluding steroid dienone is 3.